The Morgan fingerprint density at radius 3 is 2.10 bits per heavy atom. The van der Waals surface area contributed by atoms with Crippen LogP contribution < -0.4 is 5.32 Å². The van der Waals surface area contributed by atoms with Crippen molar-refractivity contribution in [2.24, 2.45) is 0 Å². The van der Waals surface area contributed by atoms with Crippen LogP contribution in [-0.2, 0) is 11.3 Å². The van der Waals surface area contributed by atoms with Crippen molar-refractivity contribution in [1.29, 1.82) is 0 Å². The minimum atomic E-state index is -0.258. The van der Waals surface area contributed by atoms with Crippen molar-refractivity contribution in [2.75, 3.05) is 13.1 Å². The third-order valence-corrected chi connectivity index (χ3v) is 5.90. The number of carbonyl (C=O) groups is 1. The Morgan fingerprint density at radius 1 is 0.935 bits per heavy atom. The molecule has 0 radical (unpaired) electrons. The molecule has 0 saturated carbocycles. The van der Waals surface area contributed by atoms with Gasteiger partial charge in [0, 0.05) is 29.7 Å². The molecule has 0 unspecified atom stereocenters. The Labute approximate surface area is 192 Å². The molecule has 0 bridgehead atoms. The average molecular weight is 455 g/mol. The summed E-state index contributed by atoms with van der Waals surface area (Å²) in [6.45, 7) is 1.73. The van der Waals surface area contributed by atoms with E-state index in [9.17, 15) is 4.79 Å². The van der Waals surface area contributed by atoms with Crippen molar-refractivity contribution in [3.05, 3.63) is 106 Å². The van der Waals surface area contributed by atoms with E-state index in [-0.39, 0.29) is 18.2 Å². The molecule has 1 aliphatic heterocycles. The fourth-order valence-corrected chi connectivity index (χ4v) is 3.98. The van der Waals surface area contributed by atoms with Crippen LogP contribution in [0, 0.1) is 0 Å². The molecule has 0 spiro atoms. The molecule has 1 fully saturated rings. The van der Waals surface area contributed by atoms with Crippen LogP contribution in [0.2, 0.25) is 10.0 Å². The number of halogens is 2. The van der Waals surface area contributed by atoms with Gasteiger partial charge in [0.2, 0.25) is 0 Å². The summed E-state index contributed by atoms with van der Waals surface area (Å²) < 4.78 is 6.50. The van der Waals surface area contributed by atoms with Crippen LogP contribution in [0.1, 0.15) is 29.2 Å². The molecule has 1 aliphatic rings. The SMILES string of the molecule is O=C(NCc1ccccc1)N1CC[C@H](OC(c2ccc(Cl)cc2)c2ccc(Cl)cc2)C1. The Balaban J connectivity index is 1.41. The molecule has 6 heteroatoms. The molecule has 0 aromatic heterocycles. The molecule has 2 amide bonds. The highest BCUT2D eigenvalue weighted by molar-refractivity contribution is 6.30. The van der Waals surface area contributed by atoms with E-state index in [1.54, 1.807) is 0 Å². The summed E-state index contributed by atoms with van der Waals surface area (Å²) in [7, 11) is 0. The van der Waals surface area contributed by atoms with E-state index in [1.807, 2.05) is 83.8 Å². The van der Waals surface area contributed by atoms with Gasteiger partial charge in [-0.05, 0) is 47.4 Å². The summed E-state index contributed by atoms with van der Waals surface area (Å²) in [5, 5.41) is 4.36. The summed E-state index contributed by atoms with van der Waals surface area (Å²) in [6.07, 6.45) is 0.474. The molecule has 0 aliphatic carbocycles. The zero-order valence-corrected chi connectivity index (χ0v) is 18.5. The number of nitrogens with one attached hydrogen (secondary N) is 1. The summed E-state index contributed by atoms with van der Waals surface area (Å²) in [5.41, 5.74) is 3.10. The van der Waals surface area contributed by atoms with E-state index in [1.165, 1.54) is 0 Å². The van der Waals surface area contributed by atoms with Crippen LogP contribution in [0.25, 0.3) is 0 Å². The second kappa shape index (κ2) is 10.2. The Kier molecular flexibility index (Phi) is 7.13. The maximum Gasteiger partial charge on any atom is 0.317 e. The zero-order valence-electron chi connectivity index (χ0n) is 17.0. The first-order chi connectivity index (χ1) is 15.1. The van der Waals surface area contributed by atoms with E-state index < -0.39 is 0 Å². The van der Waals surface area contributed by atoms with Gasteiger partial charge in [0.05, 0.1) is 6.10 Å². The number of benzene rings is 3. The van der Waals surface area contributed by atoms with E-state index in [0.717, 1.165) is 23.1 Å². The van der Waals surface area contributed by atoms with E-state index in [2.05, 4.69) is 5.32 Å². The molecule has 3 aromatic carbocycles. The van der Waals surface area contributed by atoms with Crippen LogP contribution in [0.4, 0.5) is 4.79 Å². The third kappa shape index (κ3) is 5.79. The topological polar surface area (TPSA) is 41.6 Å². The Morgan fingerprint density at radius 2 is 1.52 bits per heavy atom. The van der Waals surface area contributed by atoms with E-state index >= 15 is 0 Å². The van der Waals surface area contributed by atoms with Gasteiger partial charge in [0.1, 0.15) is 6.10 Å². The van der Waals surface area contributed by atoms with Crippen molar-refractivity contribution in [1.82, 2.24) is 10.2 Å². The number of urea groups is 1. The highest BCUT2D eigenvalue weighted by Crippen LogP contribution is 2.31. The van der Waals surface area contributed by atoms with Gasteiger partial charge in [-0.2, -0.15) is 0 Å². The monoisotopic (exact) mass is 454 g/mol. The molecule has 1 saturated heterocycles. The van der Waals surface area contributed by atoms with Crippen LogP contribution in [-0.4, -0.2) is 30.1 Å². The van der Waals surface area contributed by atoms with Crippen molar-refractivity contribution >= 4 is 29.2 Å². The second-order valence-corrected chi connectivity index (χ2v) is 8.49. The molecule has 4 nitrogen and oxygen atoms in total. The van der Waals surface area contributed by atoms with Gasteiger partial charge in [0.15, 0.2) is 0 Å². The molecule has 1 heterocycles. The predicted molar refractivity (Wildman–Crippen MR) is 124 cm³/mol. The van der Waals surface area contributed by atoms with Crippen molar-refractivity contribution < 1.29 is 9.53 Å². The number of hydrogen-bond acceptors (Lipinski definition) is 2. The average Bonchev–Trinajstić information content (AvgIpc) is 3.27. The highest BCUT2D eigenvalue weighted by Gasteiger charge is 2.30. The standard InChI is InChI=1S/C25H24Cl2N2O2/c26-21-10-6-19(7-11-21)24(20-8-12-22(27)13-9-20)31-23-14-15-29(17-23)25(30)28-16-18-4-2-1-3-5-18/h1-13,23-24H,14-17H2,(H,28,30)/t23-/m0/s1. The molecule has 160 valence electrons. The normalized spacial score (nSPS) is 16.0. The molecule has 3 aromatic rings. The first-order valence-corrected chi connectivity index (χ1v) is 11.1. The van der Waals surface area contributed by atoms with Gasteiger partial charge in [-0.3, -0.25) is 0 Å². The van der Waals surface area contributed by atoms with Gasteiger partial charge in [0.25, 0.3) is 0 Å². The fraction of sp³-hybridized carbons (Fsp3) is 0.240. The summed E-state index contributed by atoms with van der Waals surface area (Å²) in [6, 6.07) is 25.2. The highest BCUT2D eigenvalue weighted by atomic mass is 35.5. The maximum absolute atomic E-state index is 12.6. The zero-order chi connectivity index (χ0) is 21.6. The summed E-state index contributed by atoms with van der Waals surface area (Å²) in [4.78, 5) is 14.4. The molecular formula is C25H24Cl2N2O2. The van der Waals surface area contributed by atoms with Crippen molar-refractivity contribution in [3.8, 4) is 0 Å². The molecule has 1 atom stereocenters. The van der Waals surface area contributed by atoms with E-state index in [4.69, 9.17) is 27.9 Å². The lowest BCUT2D eigenvalue weighted by molar-refractivity contribution is 0.0160. The summed E-state index contributed by atoms with van der Waals surface area (Å²) in [5.74, 6) is 0. The third-order valence-electron chi connectivity index (χ3n) is 5.39. The fourth-order valence-electron chi connectivity index (χ4n) is 3.73. The van der Waals surface area contributed by atoms with Gasteiger partial charge >= 0.3 is 6.03 Å². The number of nitrogens with zero attached hydrogens (tertiary/aromatic N) is 1. The smallest absolute Gasteiger partial charge is 0.317 e. The Bertz CT molecular complexity index is 949. The largest absolute Gasteiger partial charge is 0.364 e. The molecule has 1 N–H and O–H groups in total. The molecular weight excluding hydrogens is 431 g/mol. The van der Waals surface area contributed by atoms with E-state index in [0.29, 0.717) is 29.7 Å². The van der Waals surface area contributed by atoms with Crippen LogP contribution >= 0.6 is 23.2 Å². The number of ether oxygens (including phenoxy) is 1. The Hall–Kier alpha value is -2.53. The van der Waals surface area contributed by atoms with Crippen LogP contribution in [0.5, 0.6) is 0 Å². The van der Waals surface area contributed by atoms with Crippen LogP contribution in [0.15, 0.2) is 78.9 Å². The minimum absolute atomic E-state index is 0.0566. The quantitative estimate of drug-likeness (QED) is 0.489. The lowest BCUT2D eigenvalue weighted by Gasteiger charge is -2.24. The molecule has 4 rings (SSSR count). The lowest BCUT2D eigenvalue weighted by Crippen LogP contribution is -2.38. The van der Waals surface area contributed by atoms with Crippen molar-refractivity contribution in [2.45, 2.75) is 25.2 Å². The van der Waals surface area contributed by atoms with Gasteiger partial charge in [-0.25, -0.2) is 4.79 Å². The second-order valence-electron chi connectivity index (χ2n) is 7.62. The number of amides is 2. The summed E-state index contributed by atoms with van der Waals surface area (Å²) >= 11 is 12.1. The number of hydrogen-bond donors (Lipinski definition) is 1. The van der Waals surface area contributed by atoms with Gasteiger partial charge < -0.3 is 15.0 Å². The first-order valence-electron chi connectivity index (χ1n) is 10.3. The van der Waals surface area contributed by atoms with Crippen LogP contribution in [0.3, 0.4) is 0 Å². The minimum Gasteiger partial charge on any atom is -0.364 e. The van der Waals surface area contributed by atoms with Gasteiger partial charge in [-0.15, -0.1) is 0 Å². The van der Waals surface area contributed by atoms with Gasteiger partial charge in [-0.1, -0.05) is 77.8 Å². The number of likely N-dealkylation sites (tertiary alicyclic amines) is 1. The van der Waals surface area contributed by atoms with Crippen molar-refractivity contribution in [3.63, 3.8) is 0 Å². The first kappa shape index (κ1) is 21.7. The predicted octanol–water partition coefficient (Wildman–Crippen LogP) is 6.08. The molecule has 31 heavy (non-hydrogen) atoms. The number of rotatable bonds is 6. The lowest BCUT2D eigenvalue weighted by atomic mass is 10.0. The maximum atomic E-state index is 12.6. The number of carbonyl (C=O) groups excluding carboxylic acids is 1.